The first-order valence-corrected chi connectivity index (χ1v) is 5.91. The third kappa shape index (κ3) is 2.35. The lowest BCUT2D eigenvalue weighted by molar-refractivity contribution is -0.118. The molecule has 0 radical (unpaired) electrons. The number of benzene rings is 2. The van der Waals surface area contributed by atoms with E-state index in [2.05, 4.69) is 5.32 Å². The molecule has 2 aromatic rings. The lowest BCUT2D eigenvalue weighted by atomic mass is 10.2. The number of carbonyl (C=O) groups is 1. The second-order valence-electron chi connectivity index (χ2n) is 4.28. The Morgan fingerprint density at radius 3 is 2.75 bits per heavy atom. The predicted octanol–water partition coefficient (Wildman–Crippen LogP) is 2.53. The van der Waals surface area contributed by atoms with Crippen molar-refractivity contribution in [2.75, 3.05) is 17.7 Å². The Morgan fingerprint density at radius 2 is 2.00 bits per heavy atom. The van der Waals surface area contributed by atoms with Gasteiger partial charge in [0.15, 0.2) is 12.4 Å². The molecule has 3 rings (SSSR count). The molecule has 0 aromatic heterocycles. The first kappa shape index (κ1) is 12.3. The average Bonchev–Trinajstić information content (AvgIpc) is 2.42. The zero-order valence-corrected chi connectivity index (χ0v) is 10.4. The summed E-state index contributed by atoms with van der Waals surface area (Å²) in [6.45, 7) is -0.0371. The predicted molar refractivity (Wildman–Crippen MR) is 71.5 cm³/mol. The van der Waals surface area contributed by atoms with Gasteiger partial charge in [-0.15, -0.1) is 0 Å². The molecule has 0 spiro atoms. The maximum Gasteiger partial charge on any atom is 0.262 e. The second kappa shape index (κ2) is 4.73. The highest BCUT2D eigenvalue weighted by Crippen LogP contribution is 2.38. The minimum Gasteiger partial charge on any atom is -0.481 e. The number of hydrogen-bond acceptors (Lipinski definition) is 4. The van der Waals surface area contributed by atoms with Crippen LogP contribution in [0.1, 0.15) is 0 Å². The molecule has 102 valence electrons. The van der Waals surface area contributed by atoms with Crippen LogP contribution in [0, 0.1) is 5.82 Å². The molecule has 6 heteroatoms. The van der Waals surface area contributed by atoms with E-state index < -0.39 is 0 Å². The van der Waals surface area contributed by atoms with Crippen molar-refractivity contribution in [2.24, 2.45) is 0 Å². The van der Waals surface area contributed by atoms with E-state index in [-0.39, 0.29) is 18.3 Å². The average molecular weight is 274 g/mol. The van der Waals surface area contributed by atoms with Crippen molar-refractivity contribution in [3.05, 3.63) is 42.2 Å². The number of fused-ring (bicyclic) bond motifs is 1. The first-order chi connectivity index (χ1) is 9.61. The molecule has 1 amide bonds. The lowest BCUT2D eigenvalue weighted by Gasteiger charge is -2.19. The van der Waals surface area contributed by atoms with Crippen molar-refractivity contribution >= 4 is 17.3 Å². The van der Waals surface area contributed by atoms with Gasteiger partial charge in [-0.2, -0.15) is 0 Å². The number of nitrogens with two attached hydrogens (primary N) is 1. The fourth-order valence-electron chi connectivity index (χ4n) is 1.84. The summed E-state index contributed by atoms with van der Waals surface area (Å²) in [6.07, 6.45) is 0. The van der Waals surface area contributed by atoms with E-state index in [1.165, 1.54) is 24.3 Å². The maximum absolute atomic E-state index is 12.8. The van der Waals surface area contributed by atoms with Crippen LogP contribution < -0.4 is 20.5 Å². The molecule has 0 unspecified atom stereocenters. The molecule has 3 N–H and O–H groups in total. The number of hydrogen-bond donors (Lipinski definition) is 2. The van der Waals surface area contributed by atoms with Gasteiger partial charge in [0.2, 0.25) is 0 Å². The number of rotatable bonds is 2. The summed E-state index contributed by atoms with van der Waals surface area (Å²) in [5.41, 5.74) is 6.72. The van der Waals surface area contributed by atoms with Crippen LogP contribution in [0.2, 0.25) is 0 Å². The summed E-state index contributed by atoms with van der Waals surface area (Å²) in [5, 5.41) is 2.66. The standard InChI is InChI=1S/C14H11FN2O3/c15-8-1-3-9(4-2-8)20-12-6-11-13(5-10(12)16)19-7-14(18)17-11/h1-6H,7,16H2,(H,17,18). The maximum atomic E-state index is 12.8. The molecule has 0 aliphatic carbocycles. The van der Waals surface area contributed by atoms with Crippen molar-refractivity contribution in [1.29, 1.82) is 0 Å². The fourth-order valence-corrected chi connectivity index (χ4v) is 1.84. The van der Waals surface area contributed by atoms with Crippen molar-refractivity contribution < 1.29 is 18.7 Å². The Kier molecular flexibility index (Phi) is 2.90. The van der Waals surface area contributed by atoms with Gasteiger partial charge in [-0.3, -0.25) is 4.79 Å². The number of halogens is 1. The van der Waals surface area contributed by atoms with E-state index in [0.29, 0.717) is 28.6 Å². The lowest BCUT2D eigenvalue weighted by Crippen LogP contribution is -2.25. The summed E-state index contributed by atoms with van der Waals surface area (Å²) in [6, 6.07) is 8.70. The van der Waals surface area contributed by atoms with Crippen LogP contribution in [0.4, 0.5) is 15.8 Å². The quantitative estimate of drug-likeness (QED) is 0.825. The highest BCUT2D eigenvalue weighted by molar-refractivity contribution is 5.96. The molecule has 0 bridgehead atoms. The molecule has 0 fully saturated rings. The van der Waals surface area contributed by atoms with Crippen LogP contribution in [-0.4, -0.2) is 12.5 Å². The molecule has 0 saturated carbocycles. The minimum absolute atomic E-state index is 0.0371. The van der Waals surface area contributed by atoms with Gasteiger partial charge in [-0.05, 0) is 24.3 Å². The third-order valence-electron chi connectivity index (χ3n) is 2.79. The molecule has 20 heavy (non-hydrogen) atoms. The van der Waals surface area contributed by atoms with Gasteiger partial charge in [0, 0.05) is 12.1 Å². The largest absolute Gasteiger partial charge is 0.481 e. The molecule has 5 nitrogen and oxygen atoms in total. The molecule has 1 heterocycles. The topological polar surface area (TPSA) is 73.6 Å². The van der Waals surface area contributed by atoms with Crippen molar-refractivity contribution in [3.63, 3.8) is 0 Å². The van der Waals surface area contributed by atoms with Gasteiger partial charge in [0.1, 0.15) is 17.3 Å². The van der Waals surface area contributed by atoms with E-state index in [4.69, 9.17) is 15.2 Å². The highest BCUT2D eigenvalue weighted by Gasteiger charge is 2.18. The number of nitrogens with one attached hydrogen (secondary N) is 1. The third-order valence-corrected chi connectivity index (χ3v) is 2.79. The van der Waals surface area contributed by atoms with Crippen LogP contribution in [0.25, 0.3) is 0 Å². The van der Waals surface area contributed by atoms with Crippen molar-refractivity contribution in [2.45, 2.75) is 0 Å². The van der Waals surface area contributed by atoms with Crippen LogP contribution in [-0.2, 0) is 4.79 Å². The number of ether oxygens (including phenoxy) is 2. The van der Waals surface area contributed by atoms with E-state index in [1.54, 1.807) is 12.1 Å². The zero-order chi connectivity index (χ0) is 14.1. The zero-order valence-electron chi connectivity index (χ0n) is 10.4. The van der Waals surface area contributed by atoms with Gasteiger partial charge in [0.05, 0.1) is 11.4 Å². The molecule has 2 aromatic carbocycles. The number of nitrogen functional groups attached to an aromatic ring is 1. The Morgan fingerprint density at radius 1 is 1.25 bits per heavy atom. The molecular formula is C14H11FN2O3. The van der Waals surface area contributed by atoms with Gasteiger partial charge in [0.25, 0.3) is 5.91 Å². The van der Waals surface area contributed by atoms with Crippen LogP contribution in [0.15, 0.2) is 36.4 Å². The number of anilines is 2. The number of amides is 1. The smallest absolute Gasteiger partial charge is 0.262 e. The van der Waals surface area contributed by atoms with Crippen molar-refractivity contribution in [1.82, 2.24) is 0 Å². The summed E-state index contributed by atoms with van der Waals surface area (Å²) in [7, 11) is 0. The Hall–Kier alpha value is -2.76. The monoisotopic (exact) mass is 274 g/mol. The fraction of sp³-hybridized carbons (Fsp3) is 0.0714. The van der Waals surface area contributed by atoms with Gasteiger partial charge < -0.3 is 20.5 Å². The SMILES string of the molecule is Nc1cc2c(cc1Oc1ccc(F)cc1)NC(=O)CO2. The molecule has 1 aliphatic heterocycles. The van der Waals surface area contributed by atoms with Crippen LogP contribution in [0.5, 0.6) is 17.2 Å². The second-order valence-corrected chi connectivity index (χ2v) is 4.28. The first-order valence-electron chi connectivity index (χ1n) is 5.91. The van der Waals surface area contributed by atoms with Crippen molar-refractivity contribution in [3.8, 4) is 17.2 Å². The molecular weight excluding hydrogens is 263 g/mol. The van der Waals surface area contributed by atoms with E-state index >= 15 is 0 Å². The van der Waals surface area contributed by atoms with E-state index in [9.17, 15) is 9.18 Å². The molecule has 1 aliphatic rings. The summed E-state index contributed by atoms with van der Waals surface area (Å²) < 4.78 is 23.6. The molecule has 0 atom stereocenters. The van der Waals surface area contributed by atoms with E-state index in [0.717, 1.165) is 0 Å². The van der Waals surface area contributed by atoms with Crippen LogP contribution in [0.3, 0.4) is 0 Å². The van der Waals surface area contributed by atoms with Gasteiger partial charge >= 0.3 is 0 Å². The number of carbonyl (C=O) groups excluding carboxylic acids is 1. The minimum atomic E-state index is -0.351. The van der Waals surface area contributed by atoms with Crippen LogP contribution >= 0.6 is 0 Å². The normalized spacial score (nSPS) is 13.2. The summed E-state index contributed by atoms with van der Waals surface area (Å²) >= 11 is 0. The van der Waals surface area contributed by atoms with Gasteiger partial charge in [-0.25, -0.2) is 4.39 Å². The summed E-state index contributed by atoms with van der Waals surface area (Å²) in [5.74, 6) is 0.710. The Bertz CT molecular complexity index is 671. The van der Waals surface area contributed by atoms with Gasteiger partial charge in [-0.1, -0.05) is 0 Å². The summed E-state index contributed by atoms with van der Waals surface area (Å²) in [4.78, 5) is 11.3. The van der Waals surface area contributed by atoms with E-state index in [1.807, 2.05) is 0 Å². The highest BCUT2D eigenvalue weighted by atomic mass is 19.1. The Labute approximate surface area is 114 Å². The molecule has 0 saturated heterocycles. The Balaban J connectivity index is 1.91.